The van der Waals surface area contributed by atoms with Crippen molar-refractivity contribution in [1.29, 1.82) is 0 Å². The molecule has 1 aliphatic heterocycles. The molecule has 0 aromatic carbocycles. The van der Waals surface area contributed by atoms with Gasteiger partial charge < -0.3 is 10.2 Å². The summed E-state index contributed by atoms with van der Waals surface area (Å²) in [5, 5.41) is 3.40. The Hall–Kier alpha value is -1.14. The van der Waals surface area contributed by atoms with Gasteiger partial charge in [0.15, 0.2) is 0 Å². The highest BCUT2D eigenvalue weighted by molar-refractivity contribution is 9.10. The Morgan fingerprint density at radius 1 is 1.22 bits per heavy atom. The number of hydrogen-bond acceptors (Lipinski definition) is 4. The minimum atomic E-state index is 0.312. The number of hydrogen-bond donors (Lipinski definition) is 1. The molecule has 126 valence electrons. The van der Waals surface area contributed by atoms with E-state index in [9.17, 15) is 4.79 Å². The summed E-state index contributed by atoms with van der Waals surface area (Å²) in [5.41, 5.74) is 1.04. The van der Waals surface area contributed by atoms with Crippen molar-refractivity contribution in [1.82, 2.24) is 14.8 Å². The predicted octanol–water partition coefficient (Wildman–Crippen LogP) is 2.59. The number of nitrogens with zero attached hydrogens (tertiary/aromatic N) is 3. The fraction of sp³-hybridized carbons (Fsp3) is 0.647. The minimum Gasteiger partial charge on any atom is -0.382 e. The van der Waals surface area contributed by atoms with E-state index in [1.807, 2.05) is 12.3 Å². The van der Waals surface area contributed by atoms with Crippen molar-refractivity contribution in [3.63, 3.8) is 0 Å². The Morgan fingerprint density at radius 2 is 1.96 bits per heavy atom. The molecule has 1 amide bonds. The third-order valence-corrected chi connectivity index (χ3v) is 5.28. The van der Waals surface area contributed by atoms with Crippen molar-refractivity contribution in [2.75, 3.05) is 44.6 Å². The number of carbonyl (C=O) groups excluding carboxylic acids is 1. The van der Waals surface area contributed by atoms with Crippen molar-refractivity contribution >= 4 is 27.5 Å². The third-order valence-electron chi connectivity index (χ3n) is 4.85. The Bertz CT molecular complexity index is 525. The van der Waals surface area contributed by atoms with Crippen LogP contribution >= 0.6 is 15.9 Å². The molecule has 0 radical (unpaired) electrons. The van der Waals surface area contributed by atoms with E-state index in [2.05, 4.69) is 36.0 Å². The normalized spacial score (nSPS) is 20.0. The molecular formula is C17H25BrN4O. The van der Waals surface area contributed by atoms with Gasteiger partial charge in [-0.25, -0.2) is 0 Å². The van der Waals surface area contributed by atoms with Gasteiger partial charge in [-0.15, -0.1) is 0 Å². The van der Waals surface area contributed by atoms with Crippen LogP contribution in [0.15, 0.2) is 22.9 Å². The molecule has 2 heterocycles. The van der Waals surface area contributed by atoms with Gasteiger partial charge in [0.2, 0.25) is 5.91 Å². The molecule has 1 aromatic rings. The Labute approximate surface area is 146 Å². The van der Waals surface area contributed by atoms with Crippen molar-refractivity contribution in [2.45, 2.75) is 25.7 Å². The highest BCUT2D eigenvalue weighted by atomic mass is 79.9. The van der Waals surface area contributed by atoms with Crippen molar-refractivity contribution < 1.29 is 4.79 Å². The lowest BCUT2D eigenvalue weighted by atomic mass is 10.1. The molecule has 3 rings (SSSR count). The molecule has 5 nitrogen and oxygen atoms in total. The molecule has 0 bridgehead atoms. The van der Waals surface area contributed by atoms with Gasteiger partial charge in [-0.1, -0.05) is 12.8 Å². The number of aromatic nitrogens is 1. The number of halogens is 1. The lowest BCUT2D eigenvalue weighted by molar-refractivity contribution is -0.137. The van der Waals surface area contributed by atoms with E-state index in [1.165, 1.54) is 12.8 Å². The quantitative estimate of drug-likeness (QED) is 0.852. The van der Waals surface area contributed by atoms with Crippen LogP contribution < -0.4 is 5.32 Å². The molecule has 2 fully saturated rings. The molecule has 0 unspecified atom stereocenters. The number of nitrogens with one attached hydrogen (secondary N) is 1. The Kier molecular flexibility index (Phi) is 5.89. The van der Waals surface area contributed by atoms with Gasteiger partial charge >= 0.3 is 0 Å². The molecule has 1 saturated heterocycles. The first kappa shape index (κ1) is 16.7. The molecule has 23 heavy (non-hydrogen) atoms. The zero-order chi connectivity index (χ0) is 16.1. The molecule has 1 aliphatic carbocycles. The zero-order valence-corrected chi connectivity index (χ0v) is 15.1. The van der Waals surface area contributed by atoms with E-state index in [1.54, 1.807) is 6.20 Å². The average Bonchev–Trinajstić information content (AvgIpc) is 3.09. The van der Waals surface area contributed by atoms with Gasteiger partial charge in [0.1, 0.15) is 0 Å². The van der Waals surface area contributed by atoms with Crippen LogP contribution in [0.4, 0.5) is 5.69 Å². The average molecular weight is 381 g/mol. The van der Waals surface area contributed by atoms with E-state index in [0.29, 0.717) is 11.8 Å². The SMILES string of the molecule is O=C(C1CCCC1)N1CCN(CCNc2cncc(Br)c2)CC1. The maximum absolute atomic E-state index is 12.4. The van der Waals surface area contributed by atoms with Crippen LogP contribution in [-0.2, 0) is 4.79 Å². The van der Waals surface area contributed by atoms with Gasteiger partial charge in [-0.05, 0) is 34.8 Å². The van der Waals surface area contributed by atoms with E-state index in [0.717, 1.165) is 62.3 Å². The maximum atomic E-state index is 12.4. The van der Waals surface area contributed by atoms with Crippen LogP contribution in [0.1, 0.15) is 25.7 Å². The van der Waals surface area contributed by atoms with Gasteiger partial charge in [0.25, 0.3) is 0 Å². The van der Waals surface area contributed by atoms with Gasteiger partial charge in [0.05, 0.1) is 11.9 Å². The van der Waals surface area contributed by atoms with E-state index in [4.69, 9.17) is 0 Å². The molecule has 1 saturated carbocycles. The Balaban J connectivity index is 1.36. The van der Waals surface area contributed by atoms with Crippen molar-refractivity contribution in [2.24, 2.45) is 5.92 Å². The Morgan fingerprint density at radius 3 is 2.65 bits per heavy atom. The summed E-state index contributed by atoms with van der Waals surface area (Å²) in [6, 6.07) is 2.03. The van der Waals surface area contributed by atoms with Crippen LogP contribution in [0.2, 0.25) is 0 Å². The zero-order valence-electron chi connectivity index (χ0n) is 13.5. The van der Waals surface area contributed by atoms with E-state index < -0.39 is 0 Å². The number of carbonyl (C=O) groups is 1. The molecule has 1 aromatic heterocycles. The van der Waals surface area contributed by atoms with Crippen molar-refractivity contribution in [3.8, 4) is 0 Å². The fourth-order valence-electron chi connectivity index (χ4n) is 3.49. The largest absolute Gasteiger partial charge is 0.382 e. The van der Waals surface area contributed by atoms with Crippen LogP contribution in [-0.4, -0.2) is 60.0 Å². The van der Waals surface area contributed by atoms with E-state index >= 15 is 0 Å². The van der Waals surface area contributed by atoms with E-state index in [-0.39, 0.29) is 0 Å². The van der Waals surface area contributed by atoms with Gasteiger partial charge in [-0.2, -0.15) is 0 Å². The number of amides is 1. The molecule has 0 atom stereocenters. The maximum Gasteiger partial charge on any atom is 0.225 e. The highest BCUT2D eigenvalue weighted by Crippen LogP contribution is 2.26. The van der Waals surface area contributed by atoms with Gasteiger partial charge in [0, 0.05) is 55.9 Å². The smallest absolute Gasteiger partial charge is 0.225 e. The minimum absolute atomic E-state index is 0.312. The summed E-state index contributed by atoms with van der Waals surface area (Å²) in [5.74, 6) is 0.715. The standard InChI is InChI=1S/C17H25BrN4O/c18-15-11-16(13-19-12-15)20-5-6-21-7-9-22(10-8-21)17(23)14-3-1-2-4-14/h11-14,20H,1-10H2. The molecule has 6 heteroatoms. The third kappa shape index (κ3) is 4.67. The summed E-state index contributed by atoms with van der Waals surface area (Å²) >= 11 is 3.43. The second kappa shape index (κ2) is 8.11. The molecule has 2 aliphatic rings. The second-order valence-electron chi connectivity index (χ2n) is 6.47. The fourth-order valence-corrected chi connectivity index (χ4v) is 3.85. The highest BCUT2D eigenvalue weighted by Gasteiger charge is 2.29. The number of piperazine rings is 1. The number of rotatable bonds is 5. The summed E-state index contributed by atoms with van der Waals surface area (Å²) in [6.45, 7) is 5.63. The van der Waals surface area contributed by atoms with Crippen LogP contribution in [0.5, 0.6) is 0 Å². The van der Waals surface area contributed by atoms with Crippen LogP contribution in [0.3, 0.4) is 0 Å². The van der Waals surface area contributed by atoms with Crippen LogP contribution in [0, 0.1) is 5.92 Å². The lowest BCUT2D eigenvalue weighted by Crippen LogP contribution is -2.50. The molecule has 1 N–H and O–H groups in total. The monoisotopic (exact) mass is 380 g/mol. The summed E-state index contributed by atoms with van der Waals surface area (Å²) in [4.78, 5) is 21.1. The summed E-state index contributed by atoms with van der Waals surface area (Å²) in [6.07, 6.45) is 8.28. The number of pyridine rings is 1. The second-order valence-corrected chi connectivity index (χ2v) is 7.38. The first-order chi connectivity index (χ1) is 11.2. The molecular weight excluding hydrogens is 356 g/mol. The molecule has 0 spiro atoms. The predicted molar refractivity (Wildman–Crippen MR) is 95.4 cm³/mol. The number of anilines is 1. The lowest BCUT2D eigenvalue weighted by Gasteiger charge is -2.36. The topological polar surface area (TPSA) is 48.5 Å². The van der Waals surface area contributed by atoms with Gasteiger partial charge in [-0.3, -0.25) is 14.7 Å². The van der Waals surface area contributed by atoms with Crippen molar-refractivity contribution in [3.05, 3.63) is 22.9 Å². The first-order valence-electron chi connectivity index (χ1n) is 8.58. The summed E-state index contributed by atoms with van der Waals surface area (Å²) < 4.78 is 0.988. The van der Waals surface area contributed by atoms with Crippen LogP contribution in [0.25, 0.3) is 0 Å². The summed E-state index contributed by atoms with van der Waals surface area (Å²) in [7, 11) is 0. The first-order valence-corrected chi connectivity index (χ1v) is 9.37.